The molecule has 0 unspecified atom stereocenters. The molecule has 0 saturated heterocycles. The Morgan fingerprint density at radius 1 is 0.750 bits per heavy atom. The maximum absolute atomic E-state index is 6.18. The van der Waals surface area contributed by atoms with E-state index in [1.807, 2.05) is 6.07 Å². The fraction of sp³-hybridized carbons (Fsp3) is 0.158. The number of benzene rings is 3. The van der Waals surface area contributed by atoms with Crippen LogP contribution < -0.4 is 5.46 Å². The van der Waals surface area contributed by atoms with E-state index in [-0.39, 0.29) is 5.41 Å². The summed E-state index contributed by atoms with van der Waals surface area (Å²) in [6.45, 7) is 4.60. The molecular formula is C19H15B. The number of hydrogen-bond acceptors (Lipinski definition) is 0. The molecule has 4 rings (SSSR count). The topological polar surface area (TPSA) is 0 Å². The van der Waals surface area contributed by atoms with E-state index in [1.165, 1.54) is 33.0 Å². The molecule has 0 spiro atoms. The molecular weight excluding hydrogens is 239 g/mol. The lowest BCUT2D eigenvalue weighted by atomic mass is 9.67. The van der Waals surface area contributed by atoms with E-state index in [9.17, 15) is 0 Å². The molecule has 0 fully saturated rings. The summed E-state index contributed by atoms with van der Waals surface area (Å²) in [7, 11) is 6.18. The first-order chi connectivity index (χ1) is 9.60. The average molecular weight is 254 g/mol. The van der Waals surface area contributed by atoms with Gasteiger partial charge >= 0.3 is 0 Å². The van der Waals surface area contributed by atoms with Gasteiger partial charge < -0.3 is 0 Å². The zero-order valence-electron chi connectivity index (χ0n) is 11.8. The average Bonchev–Trinajstić information content (AvgIpc) is 2.46. The van der Waals surface area contributed by atoms with Crippen LogP contribution in [-0.2, 0) is 5.41 Å². The molecule has 94 valence electrons. The van der Waals surface area contributed by atoms with Crippen molar-refractivity contribution in [2.45, 2.75) is 19.3 Å². The van der Waals surface area contributed by atoms with Gasteiger partial charge in [-0.05, 0) is 33.0 Å². The van der Waals surface area contributed by atoms with Crippen molar-refractivity contribution in [1.29, 1.82) is 0 Å². The van der Waals surface area contributed by atoms with Crippen molar-refractivity contribution in [2.24, 2.45) is 0 Å². The zero-order chi connectivity index (χ0) is 13.9. The van der Waals surface area contributed by atoms with Crippen LogP contribution >= 0.6 is 0 Å². The second kappa shape index (κ2) is 3.76. The highest BCUT2D eigenvalue weighted by atomic mass is 14.4. The highest BCUT2D eigenvalue weighted by Crippen LogP contribution is 2.47. The minimum atomic E-state index is 0.0108. The normalized spacial score (nSPS) is 15.1. The van der Waals surface area contributed by atoms with Gasteiger partial charge in [-0.1, -0.05) is 73.9 Å². The Morgan fingerprint density at radius 2 is 1.50 bits per heavy atom. The lowest BCUT2D eigenvalue weighted by molar-refractivity contribution is 0.645. The first-order valence-corrected chi connectivity index (χ1v) is 7.02. The molecule has 0 bridgehead atoms. The highest BCUT2D eigenvalue weighted by Gasteiger charge is 2.32. The molecule has 1 aliphatic rings. The van der Waals surface area contributed by atoms with Crippen molar-refractivity contribution in [3.05, 3.63) is 65.7 Å². The van der Waals surface area contributed by atoms with E-state index < -0.39 is 0 Å². The molecule has 0 aliphatic heterocycles. The Labute approximate surface area is 120 Å². The first-order valence-electron chi connectivity index (χ1n) is 7.02. The second-order valence-electron chi connectivity index (χ2n) is 6.10. The largest absolute Gasteiger partial charge is 0.114 e. The molecule has 1 aliphatic carbocycles. The fourth-order valence-electron chi connectivity index (χ4n) is 3.58. The summed E-state index contributed by atoms with van der Waals surface area (Å²) in [5.41, 5.74) is 6.28. The molecule has 3 aromatic carbocycles. The Kier molecular flexibility index (Phi) is 2.21. The lowest BCUT2D eigenvalue weighted by Crippen LogP contribution is -2.24. The minimum Gasteiger partial charge on any atom is -0.0889 e. The Bertz CT molecular complexity index is 844. The van der Waals surface area contributed by atoms with Gasteiger partial charge in [0.15, 0.2) is 0 Å². The fourth-order valence-corrected chi connectivity index (χ4v) is 3.58. The SMILES string of the molecule is [B]c1ccc2c3c(cccc13)C(C)(C)c1ccccc1-2. The first kappa shape index (κ1) is 11.8. The van der Waals surface area contributed by atoms with E-state index >= 15 is 0 Å². The molecule has 0 amide bonds. The van der Waals surface area contributed by atoms with Gasteiger partial charge in [0, 0.05) is 5.41 Å². The third-order valence-corrected chi connectivity index (χ3v) is 4.64. The predicted octanol–water partition coefficient (Wildman–Crippen LogP) is 3.94. The molecule has 0 saturated carbocycles. The predicted molar refractivity (Wildman–Crippen MR) is 86.9 cm³/mol. The Morgan fingerprint density at radius 3 is 2.35 bits per heavy atom. The number of fused-ring (bicyclic) bond motifs is 2. The molecule has 20 heavy (non-hydrogen) atoms. The summed E-state index contributed by atoms with van der Waals surface area (Å²) in [5, 5.41) is 2.48. The monoisotopic (exact) mass is 254 g/mol. The minimum absolute atomic E-state index is 0.0108. The summed E-state index contributed by atoms with van der Waals surface area (Å²) in [5.74, 6) is 0. The van der Waals surface area contributed by atoms with Gasteiger partial charge in [0.1, 0.15) is 7.85 Å². The molecule has 0 atom stereocenters. The maximum atomic E-state index is 6.18. The zero-order valence-corrected chi connectivity index (χ0v) is 11.8. The van der Waals surface area contributed by atoms with Crippen LogP contribution in [0.1, 0.15) is 25.0 Å². The van der Waals surface area contributed by atoms with Crippen molar-refractivity contribution >= 4 is 24.1 Å². The summed E-state index contributed by atoms with van der Waals surface area (Å²) in [4.78, 5) is 0. The molecule has 0 N–H and O–H groups in total. The lowest BCUT2D eigenvalue weighted by Gasteiger charge is -2.35. The van der Waals surface area contributed by atoms with Crippen LogP contribution in [0.2, 0.25) is 0 Å². The van der Waals surface area contributed by atoms with E-state index in [0.29, 0.717) is 0 Å². The van der Waals surface area contributed by atoms with E-state index in [0.717, 1.165) is 5.46 Å². The van der Waals surface area contributed by atoms with Gasteiger partial charge in [0.05, 0.1) is 0 Å². The smallest absolute Gasteiger partial charge is 0.0889 e. The number of rotatable bonds is 0. The third-order valence-electron chi connectivity index (χ3n) is 4.64. The molecule has 1 heteroatoms. The Balaban J connectivity index is 2.29. The van der Waals surface area contributed by atoms with Crippen LogP contribution in [0, 0.1) is 0 Å². The summed E-state index contributed by atoms with van der Waals surface area (Å²) in [6, 6.07) is 19.4. The summed E-state index contributed by atoms with van der Waals surface area (Å²) >= 11 is 0. The van der Waals surface area contributed by atoms with Crippen LogP contribution in [0.15, 0.2) is 54.6 Å². The van der Waals surface area contributed by atoms with Gasteiger partial charge in [-0.3, -0.25) is 0 Å². The standard InChI is InChI=1S/C19H15B/c1-19(2)15-8-4-3-6-12(15)13-10-11-17(20)14-7-5-9-16(19)18(13)14/h3-11H,1-2H3. The van der Waals surface area contributed by atoms with Crippen LogP contribution in [0.5, 0.6) is 0 Å². The molecule has 0 heterocycles. The van der Waals surface area contributed by atoms with E-state index in [4.69, 9.17) is 7.85 Å². The van der Waals surface area contributed by atoms with Crippen molar-refractivity contribution < 1.29 is 0 Å². The van der Waals surface area contributed by atoms with Gasteiger partial charge in [-0.2, -0.15) is 0 Å². The molecule has 0 aromatic heterocycles. The second-order valence-corrected chi connectivity index (χ2v) is 6.10. The maximum Gasteiger partial charge on any atom is 0.114 e. The summed E-state index contributed by atoms with van der Waals surface area (Å²) in [6.07, 6.45) is 0. The van der Waals surface area contributed by atoms with Crippen molar-refractivity contribution in [3.63, 3.8) is 0 Å². The third kappa shape index (κ3) is 1.33. The summed E-state index contributed by atoms with van der Waals surface area (Å²) < 4.78 is 0. The molecule has 2 radical (unpaired) electrons. The van der Waals surface area contributed by atoms with Crippen LogP contribution in [-0.4, -0.2) is 7.85 Å². The Hall–Kier alpha value is -2.02. The van der Waals surface area contributed by atoms with E-state index in [1.54, 1.807) is 0 Å². The van der Waals surface area contributed by atoms with Gasteiger partial charge in [0.25, 0.3) is 0 Å². The van der Waals surface area contributed by atoms with E-state index in [2.05, 4.69) is 62.4 Å². The van der Waals surface area contributed by atoms with Crippen molar-refractivity contribution in [2.75, 3.05) is 0 Å². The quantitative estimate of drug-likeness (QED) is 0.533. The highest BCUT2D eigenvalue weighted by molar-refractivity contribution is 6.39. The molecule has 0 nitrogen and oxygen atoms in total. The van der Waals surface area contributed by atoms with Crippen molar-refractivity contribution in [1.82, 2.24) is 0 Å². The van der Waals surface area contributed by atoms with Crippen LogP contribution in [0.4, 0.5) is 0 Å². The molecule has 3 aromatic rings. The van der Waals surface area contributed by atoms with Crippen LogP contribution in [0.3, 0.4) is 0 Å². The van der Waals surface area contributed by atoms with Gasteiger partial charge in [0.2, 0.25) is 0 Å². The number of hydrogen-bond donors (Lipinski definition) is 0. The van der Waals surface area contributed by atoms with Gasteiger partial charge in [-0.25, -0.2) is 0 Å². The van der Waals surface area contributed by atoms with Gasteiger partial charge in [-0.15, -0.1) is 0 Å². The van der Waals surface area contributed by atoms with Crippen LogP contribution in [0.25, 0.3) is 21.9 Å². The van der Waals surface area contributed by atoms with Crippen molar-refractivity contribution in [3.8, 4) is 11.1 Å².